The Hall–Kier alpha value is -2.25. The second-order valence-electron chi connectivity index (χ2n) is 7.40. The molecule has 1 aromatic carbocycles. The Bertz CT molecular complexity index is 1160. The lowest BCUT2D eigenvalue weighted by Gasteiger charge is -2.24. The van der Waals surface area contributed by atoms with Crippen LogP contribution in [0.3, 0.4) is 0 Å². The van der Waals surface area contributed by atoms with Crippen LogP contribution in [0.25, 0.3) is 0 Å². The summed E-state index contributed by atoms with van der Waals surface area (Å²) in [7, 11) is -6.16. The number of halogens is 3. The Labute approximate surface area is 192 Å². The van der Waals surface area contributed by atoms with E-state index >= 15 is 0 Å². The van der Waals surface area contributed by atoms with Crippen molar-refractivity contribution in [2.75, 3.05) is 12.4 Å². The zero-order valence-corrected chi connectivity index (χ0v) is 19.6. The predicted octanol–water partition coefficient (Wildman–Crippen LogP) is 2.95. The Balaban J connectivity index is 1.93. The maximum atomic E-state index is 13.4. The quantitative estimate of drug-likeness (QED) is 0.551. The Kier molecular flexibility index (Phi) is 7.64. The number of alkyl halides is 3. The summed E-state index contributed by atoms with van der Waals surface area (Å²) in [5, 5.41) is 4.16. The van der Waals surface area contributed by atoms with E-state index in [1.165, 1.54) is 17.8 Å². The van der Waals surface area contributed by atoms with E-state index in [-0.39, 0.29) is 23.8 Å². The van der Waals surface area contributed by atoms with Gasteiger partial charge in [0.1, 0.15) is 6.54 Å². The van der Waals surface area contributed by atoms with Gasteiger partial charge < -0.3 is 4.74 Å². The van der Waals surface area contributed by atoms with Crippen LogP contribution < -0.4 is 4.72 Å². The Morgan fingerprint density at radius 3 is 2.67 bits per heavy atom. The monoisotopic (exact) mass is 507 g/mol. The molecule has 1 aliphatic carbocycles. The lowest BCUT2D eigenvalue weighted by molar-refractivity contribution is -0.144. The van der Waals surface area contributed by atoms with Crippen LogP contribution in [0.1, 0.15) is 49.6 Å². The van der Waals surface area contributed by atoms with Gasteiger partial charge in [0, 0.05) is 21.9 Å². The third kappa shape index (κ3) is 5.82. The fraction of sp³-hybridized carbons (Fsp3) is 0.500. The molecule has 0 amide bonds. The van der Waals surface area contributed by atoms with Gasteiger partial charge in [0.2, 0.25) is 10.0 Å². The molecule has 1 N–H and O–H groups in total. The molecular weight excluding hydrogens is 483 g/mol. The number of rotatable bonds is 8. The van der Waals surface area contributed by atoms with E-state index in [0.29, 0.717) is 42.7 Å². The van der Waals surface area contributed by atoms with Gasteiger partial charge in [-0.25, -0.2) is 13.1 Å². The van der Waals surface area contributed by atoms with Gasteiger partial charge in [-0.1, -0.05) is 6.92 Å². The molecule has 0 aliphatic heterocycles. The number of ether oxygens (including phenoxy) is 1. The van der Waals surface area contributed by atoms with Crippen molar-refractivity contribution in [2.24, 2.45) is 0 Å². The minimum atomic E-state index is -4.80. The highest BCUT2D eigenvalue weighted by Crippen LogP contribution is 2.34. The second kappa shape index (κ2) is 9.94. The first kappa shape index (κ1) is 25.4. The minimum Gasteiger partial charge on any atom is -0.465 e. The molecule has 3 rings (SSSR count). The molecule has 0 spiro atoms. The summed E-state index contributed by atoms with van der Waals surface area (Å²) in [5.74, 6) is -0.439. The standard InChI is InChI=1S/C20H24F3N3O5S2/c1-3-31-19(27)12-26-18-7-5-6-17(16(18)11-24-26)25-33(29,30)15-9-13(20(21,22)23)8-14(10-15)32(28)4-2/h8-11,17,25H,3-7,12H2,1-2H3. The molecule has 1 aromatic heterocycles. The number of carbonyl (C=O) groups excluding carboxylic acids is 1. The largest absolute Gasteiger partial charge is 0.465 e. The van der Waals surface area contributed by atoms with E-state index in [2.05, 4.69) is 9.82 Å². The number of nitrogens with zero attached hydrogens (tertiary/aromatic N) is 2. The van der Waals surface area contributed by atoms with Crippen LogP contribution in [-0.2, 0) is 49.5 Å². The first-order chi connectivity index (χ1) is 15.5. The van der Waals surface area contributed by atoms with Crippen molar-refractivity contribution in [3.8, 4) is 0 Å². The van der Waals surface area contributed by atoms with Crippen LogP contribution in [0.2, 0.25) is 0 Å². The van der Waals surface area contributed by atoms with E-state index in [1.807, 2.05) is 0 Å². The normalized spacial score (nSPS) is 17.4. The minimum absolute atomic E-state index is 0.0415. The summed E-state index contributed by atoms with van der Waals surface area (Å²) < 4.78 is 87.1. The second-order valence-corrected chi connectivity index (χ2v) is 10.9. The number of hydrogen-bond acceptors (Lipinski definition) is 6. The van der Waals surface area contributed by atoms with Crippen molar-refractivity contribution in [1.82, 2.24) is 14.5 Å². The van der Waals surface area contributed by atoms with Crippen molar-refractivity contribution in [1.29, 1.82) is 0 Å². The van der Waals surface area contributed by atoms with Crippen molar-refractivity contribution in [3.05, 3.63) is 41.2 Å². The number of hydrogen-bond donors (Lipinski definition) is 1. The molecule has 13 heteroatoms. The fourth-order valence-electron chi connectivity index (χ4n) is 3.65. The maximum Gasteiger partial charge on any atom is 0.416 e. The molecule has 2 aromatic rings. The maximum absolute atomic E-state index is 13.4. The van der Waals surface area contributed by atoms with Crippen LogP contribution in [0.15, 0.2) is 34.2 Å². The van der Waals surface area contributed by atoms with Gasteiger partial charge >= 0.3 is 12.1 Å². The molecule has 8 nitrogen and oxygen atoms in total. The SMILES string of the molecule is CCOC(=O)Cn1ncc2c1CCCC2NS(=O)(=O)c1cc(S(=O)CC)cc(C(F)(F)F)c1. The molecule has 0 fully saturated rings. The molecule has 0 saturated heterocycles. The third-order valence-electron chi connectivity index (χ3n) is 5.19. The van der Waals surface area contributed by atoms with Crippen molar-refractivity contribution >= 4 is 26.8 Å². The van der Waals surface area contributed by atoms with Crippen molar-refractivity contribution < 1.29 is 35.3 Å². The zero-order valence-electron chi connectivity index (χ0n) is 18.0. The molecule has 1 aliphatic rings. The van der Waals surface area contributed by atoms with Crippen LogP contribution in [-0.4, -0.2) is 40.7 Å². The molecule has 0 radical (unpaired) electrons. The molecule has 1 heterocycles. The molecule has 33 heavy (non-hydrogen) atoms. The number of aromatic nitrogens is 2. The predicted molar refractivity (Wildman–Crippen MR) is 113 cm³/mol. The van der Waals surface area contributed by atoms with Gasteiger partial charge in [-0.3, -0.25) is 13.7 Å². The Morgan fingerprint density at radius 1 is 1.30 bits per heavy atom. The van der Waals surface area contributed by atoms with Gasteiger partial charge in [-0.15, -0.1) is 0 Å². The van der Waals surface area contributed by atoms with E-state index in [4.69, 9.17) is 4.74 Å². The number of benzene rings is 1. The Morgan fingerprint density at radius 2 is 2.03 bits per heavy atom. The average molecular weight is 508 g/mol. The van der Waals surface area contributed by atoms with Gasteiger partial charge in [0.05, 0.1) is 40.1 Å². The lowest BCUT2D eigenvalue weighted by Crippen LogP contribution is -2.31. The van der Waals surface area contributed by atoms with E-state index in [9.17, 15) is 30.6 Å². The van der Waals surface area contributed by atoms with E-state index in [0.717, 1.165) is 6.07 Å². The number of nitrogens with one attached hydrogen (secondary N) is 1. The summed E-state index contributed by atoms with van der Waals surface area (Å²) in [6.07, 6.45) is -1.79. The summed E-state index contributed by atoms with van der Waals surface area (Å²) in [5.41, 5.74) is 0.0334. The number of sulfonamides is 1. The highest BCUT2D eigenvalue weighted by Gasteiger charge is 2.34. The molecule has 0 saturated carbocycles. The zero-order chi connectivity index (χ0) is 24.4. The molecular formula is C20H24F3N3O5S2. The average Bonchev–Trinajstić information content (AvgIpc) is 3.16. The van der Waals surface area contributed by atoms with Crippen LogP contribution >= 0.6 is 0 Å². The fourth-order valence-corrected chi connectivity index (χ4v) is 5.89. The van der Waals surface area contributed by atoms with Gasteiger partial charge in [-0.05, 0) is 44.4 Å². The molecule has 0 bridgehead atoms. The van der Waals surface area contributed by atoms with Crippen LogP contribution in [0.5, 0.6) is 0 Å². The van der Waals surface area contributed by atoms with Crippen LogP contribution in [0, 0.1) is 0 Å². The summed E-state index contributed by atoms with van der Waals surface area (Å²) >= 11 is 0. The number of carbonyl (C=O) groups is 1. The summed E-state index contributed by atoms with van der Waals surface area (Å²) in [6.45, 7) is 3.30. The third-order valence-corrected chi connectivity index (χ3v) is 7.92. The molecule has 182 valence electrons. The first-order valence-corrected chi connectivity index (χ1v) is 13.1. The van der Waals surface area contributed by atoms with Crippen LogP contribution in [0.4, 0.5) is 13.2 Å². The van der Waals surface area contributed by atoms with Gasteiger partial charge in [-0.2, -0.15) is 18.3 Å². The summed E-state index contributed by atoms with van der Waals surface area (Å²) in [4.78, 5) is 11.0. The highest BCUT2D eigenvalue weighted by molar-refractivity contribution is 7.89. The number of fused-ring (bicyclic) bond motifs is 1. The number of esters is 1. The smallest absolute Gasteiger partial charge is 0.416 e. The van der Waals surface area contributed by atoms with Gasteiger partial charge in [0.15, 0.2) is 0 Å². The first-order valence-electron chi connectivity index (χ1n) is 10.3. The van der Waals surface area contributed by atoms with E-state index in [1.54, 1.807) is 6.92 Å². The van der Waals surface area contributed by atoms with Crippen molar-refractivity contribution in [2.45, 2.75) is 61.7 Å². The van der Waals surface area contributed by atoms with Gasteiger partial charge in [0.25, 0.3) is 0 Å². The van der Waals surface area contributed by atoms with E-state index < -0.39 is 49.5 Å². The highest BCUT2D eigenvalue weighted by atomic mass is 32.2. The van der Waals surface area contributed by atoms with Crippen molar-refractivity contribution in [3.63, 3.8) is 0 Å². The lowest BCUT2D eigenvalue weighted by atomic mass is 9.94. The molecule has 2 atom stereocenters. The summed E-state index contributed by atoms with van der Waals surface area (Å²) in [6, 6.07) is 1.51. The topological polar surface area (TPSA) is 107 Å². The molecule has 2 unspecified atom stereocenters.